The molecule has 1 aromatic rings. The van der Waals surface area contributed by atoms with Crippen molar-refractivity contribution in [2.24, 2.45) is 0 Å². The van der Waals surface area contributed by atoms with Crippen molar-refractivity contribution in [3.63, 3.8) is 0 Å². The Kier molecular flexibility index (Phi) is 4.08. The molecule has 0 saturated carbocycles. The highest BCUT2D eigenvalue weighted by molar-refractivity contribution is 5.84. The van der Waals surface area contributed by atoms with Crippen LogP contribution in [0.3, 0.4) is 0 Å². The van der Waals surface area contributed by atoms with Gasteiger partial charge in [0.1, 0.15) is 5.76 Å². The van der Waals surface area contributed by atoms with Crippen LogP contribution in [0.25, 0.3) is 0 Å². The van der Waals surface area contributed by atoms with E-state index in [2.05, 4.69) is 10.2 Å². The number of aromatic carboxylic acids is 1. The molecule has 2 atom stereocenters. The number of hydrogen-bond acceptors (Lipinski definition) is 4. The van der Waals surface area contributed by atoms with E-state index < -0.39 is 5.97 Å². The summed E-state index contributed by atoms with van der Waals surface area (Å²) in [5.41, 5.74) is 0. The van der Waals surface area contributed by atoms with Gasteiger partial charge in [0.05, 0.1) is 6.54 Å². The lowest BCUT2D eigenvalue weighted by molar-refractivity contribution is 0.0652. The molecule has 0 aromatic carbocycles. The van der Waals surface area contributed by atoms with E-state index in [1.807, 2.05) is 0 Å². The molecular formula is C15H22N2O3. The first-order valence-electron chi connectivity index (χ1n) is 7.53. The number of carbonyl (C=O) groups is 1. The van der Waals surface area contributed by atoms with E-state index >= 15 is 0 Å². The number of furan rings is 1. The zero-order valence-corrected chi connectivity index (χ0v) is 11.7. The van der Waals surface area contributed by atoms with Crippen LogP contribution >= 0.6 is 0 Å². The molecule has 2 saturated heterocycles. The summed E-state index contributed by atoms with van der Waals surface area (Å²) >= 11 is 0. The van der Waals surface area contributed by atoms with Gasteiger partial charge in [-0.25, -0.2) is 4.79 Å². The molecule has 2 aliphatic heterocycles. The molecule has 5 nitrogen and oxygen atoms in total. The normalized spacial score (nSPS) is 27.8. The number of piperidine rings is 1. The van der Waals surface area contributed by atoms with Gasteiger partial charge in [-0.3, -0.25) is 4.90 Å². The largest absolute Gasteiger partial charge is 0.475 e. The van der Waals surface area contributed by atoms with Gasteiger partial charge in [0.15, 0.2) is 0 Å². The molecule has 20 heavy (non-hydrogen) atoms. The highest BCUT2D eigenvalue weighted by Gasteiger charge is 2.31. The maximum atomic E-state index is 10.9. The van der Waals surface area contributed by atoms with E-state index in [0.717, 1.165) is 25.4 Å². The van der Waals surface area contributed by atoms with Gasteiger partial charge in [0, 0.05) is 12.1 Å². The van der Waals surface area contributed by atoms with Crippen LogP contribution in [0.5, 0.6) is 0 Å². The summed E-state index contributed by atoms with van der Waals surface area (Å²) in [6.45, 7) is 2.92. The fraction of sp³-hybridized carbons (Fsp3) is 0.667. The molecule has 2 N–H and O–H groups in total. The van der Waals surface area contributed by atoms with Crippen molar-refractivity contribution in [3.05, 3.63) is 23.7 Å². The second kappa shape index (κ2) is 5.97. The van der Waals surface area contributed by atoms with Crippen LogP contribution in [-0.2, 0) is 6.54 Å². The quantitative estimate of drug-likeness (QED) is 0.882. The maximum Gasteiger partial charge on any atom is 0.371 e. The zero-order valence-electron chi connectivity index (χ0n) is 11.7. The van der Waals surface area contributed by atoms with Crippen LogP contribution in [0.2, 0.25) is 0 Å². The SMILES string of the molecule is O=C(O)c1ccc(CN2CCCCC2C2CCCN2)o1. The lowest BCUT2D eigenvalue weighted by Gasteiger charge is -2.38. The Balaban J connectivity index is 1.67. The van der Waals surface area contributed by atoms with Crippen LogP contribution < -0.4 is 5.32 Å². The number of hydrogen-bond donors (Lipinski definition) is 2. The molecule has 3 heterocycles. The average molecular weight is 278 g/mol. The van der Waals surface area contributed by atoms with E-state index in [4.69, 9.17) is 9.52 Å². The molecular weight excluding hydrogens is 256 g/mol. The molecule has 0 bridgehead atoms. The molecule has 0 spiro atoms. The molecule has 2 unspecified atom stereocenters. The molecule has 2 aliphatic rings. The van der Waals surface area contributed by atoms with Gasteiger partial charge >= 0.3 is 5.97 Å². The summed E-state index contributed by atoms with van der Waals surface area (Å²) in [5.74, 6) is -0.205. The Morgan fingerprint density at radius 2 is 2.25 bits per heavy atom. The minimum absolute atomic E-state index is 0.0348. The smallest absolute Gasteiger partial charge is 0.371 e. The number of rotatable bonds is 4. The van der Waals surface area contributed by atoms with E-state index in [1.165, 1.54) is 32.1 Å². The Labute approximate surface area is 118 Å². The Bertz CT molecular complexity index is 465. The number of carboxylic acid groups (broad SMARTS) is 1. The predicted octanol–water partition coefficient (Wildman–Crippen LogP) is 2.08. The molecule has 3 rings (SSSR count). The van der Waals surface area contributed by atoms with E-state index in [0.29, 0.717) is 12.1 Å². The first-order chi connectivity index (χ1) is 9.74. The van der Waals surface area contributed by atoms with Crippen molar-refractivity contribution < 1.29 is 14.3 Å². The van der Waals surface area contributed by atoms with Crippen molar-refractivity contribution in [1.82, 2.24) is 10.2 Å². The summed E-state index contributed by atoms with van der Waals surface area (Å²) in [4.78, 5) is 13.3. The van der Waals surface area contributed by atoms with E-state index in [9.17, 15) is 4.79 Å². The minimum atomic E-state index is -0.996. The van der Waals surface area contributed by atoms with Gasteiger partial charge in [0.2, 0.25) is 5.76 Å². The van der Waals surface area contributed by atoms with Crippen molar-refractivity contribution in [3.8, 4) is 0 Å². The first kappa shape index (κ1) is 13.6. The molecule has 5 heteroatoms. The van der Waals surface area contributed by atoms with Crippen molar-refractivity contribution in [1.29, 1.82) is 0 Å². The Hall–Kier alpha value is -1.33. The van der Waals surface area contributed by atoms with E-state index in [-0.39, 0.29) is 5.76 Å². The van der Waals surface area contributed by atoms with Crippen molar-refractivity contribution in [2.45, 2.75) is 50.7 Å². The lowest BCUT2D eigenvalue weighted by atomic mass is 9.94. The van der Waals surface area contributed by atoms with Gasteiger partial charge in [0.25, 0.3) is 0 Å². The number of nitrogens with one attached hydrogen (secondary N) is 1. The highest BCUT2D eigenvalue weighted by atomic mass is 16.4. The molecule has 0 amide bonds. The lowest BCUT2D eigenvalue weighted by Crippen LogP contribution is -2.49. The third-order valence-corrected chi connectivity index (χ3v) is 4.46. The number of nitrogens with zero attached hydrogens (tertiary/aromatic N) is 1. The predicted molar refractivity (Wildman–Crippen MR) is 74.7 cm³/mol. The summed E-state index contributed by atoms with van der Waals surface area (Å²) in [6, 6.07) is 4.48. The highest BCUT2D eigenvalue weighted by Crippen LogP contribution is 2.26. The third-order valence-electron chi connectivity index (χ3n) is 4.46. The van der Waals surface area contributed by atoms with Gasteiger partial charge in [-0.15, -0.1) is 0 Å². The summed E-state index contributed by atoms with van der Waals surface area (Å²) in [7, 11) is 0. The van der Waals surface area contributed by atoms with Crippen LogP contribution in [0.4, 0.5) is 0 Å². The Morgan fingerprint density at radius 3 is 2.95 bits per heavy atom. The van der Waals surface area contributed by atoms with Crippen LogP contribution in [0.15, 0.2) is 16.5 Å². The summed E-state index contributed by atoms with van der Waals surface area (Å²) in [5, 5.41) is 12.5. The van der Waals surface area contributed by atoms with E-state index in [1.54, 1.807) is 12.1 Å². The molecule has 2 fully saturated rings. The fourth-order valence-electron chi connectivity index (χ4n) is 3.49. The van der Waals surface area contributed by atoms with Gasteiger partial charge in [-0.2, -0.15) is 0 Å². The fourth-order valence-corrected chi connectivity index (χ4v) is 3.49. The Morgan fingerprint density at radius 1 is 1.35 bits per heavy atom. The summed E-state index contributed by atoms with van der Waals surface area (Å²) in [6.07, 6.45) is 6.25. The second-order valence-electron chi connectivity index (χ2n) is 5.81. The van der Waals surface area contributed by atoms with Crippen molar-refractivity contribution >= 4 is 5.97 Å². The second-order valence-corrected chi connectivity index (χ2v) is 5.81. The molecule has 0 radical (unpaired) electrons. The monoisotopic (exact) mass is 278 g/mol. The van der Waals surface area contributed by atoms with Crippen LogP contribution in [0, 0.1) is 0 Å². The van der Waals surface area contributed by atoms with Crippen molar-refractivity contribution in [2.75, 3.05) is 13.1 Å². The minimum Gasteiger partial charge on any atom is -0.475 e. The zero-order chi connectivity index (χ0) is 13.9. The van der Waals surface area contributed by atoms with Gasteiger partial charge < -0.3 is 14.8 Å². The number of carboxylic acids is 1. The topological polar surface area (TPSA) is 65.7 Å². The summed E-state index contributed by atoms with van der Waals surface area (Å²) < 4.78 is 5.40. The van der Waals surface area contributed by atoms with Crippen LogP contribution in [0.1, 0.15) is 48.4 Å². The first-order valence-corrected chi connectivity index (χ1v) is 7.53. The number of likely N-dealkylation sites (tertiary alicyclic amines) is 1. The molecule has 110 valence electrons. The maximum absolute atomic E-state index is 10.9. The third kappa shape index (κ3) is 2.88. The molecule has 0 aliphatic carbocycles. The van der Waals surface area contributed by atoms with Gasteiger partial charge in [-0.05, 0) is 50.9 Å². The van der Waals surface area contributed by atoms with Crippen LogP contribution in [-0.4, -0.2) is 41.1 Å². The standard InChI is InChI=1S/C15H22N2O3/c18-15(19)14-7-6-11(20-14)10-17-9-2-1-5-13(17)12-4-3-8-16-12/h6-7,12-13,16H,1-5,8-10H2,(H,18,19). The average Bonchev–Trinajstić information content (AvgIpc) is 3.10. The molecule has 1 aromatic heterocycles. The van der Waals surface area contributed by atoms with Gasteiger partial charge in [-0.1, -0.05) is 6.42 Å².